The van der Waals surface area contributed by atoms with E-state index in [1.165, 1.54) is 11.3 Å². The molecule has 1 fully saturated rings. The van der Waals surface area contributed by atoms with E-state index in [4.69, 9.17) is 5.73 Å². The third kappa shape index (κ3) is 2.98. The van der Waals surface area contributed by atoms with Crippen LogP contribution in [0.25, 0.3) is 5.65 Å². The summed E-state index contributed by atoms with van der Waals surface area (Å²) >= 11 is 0. The van der Waals surface area contributed by atoms with Crippen LogP contribution in [0.4, 0.5) is 11.6 Å². The second-order valence-electron chi connectivity index (χ2n) is 5.91. The Balaban J connectivity index is 1.42. The van der Waals surface area contributed by atoms with Crippen LogP contribution in [0.5, 0.6) is 0 Å². The number of piperazine rings is 1. The van der Waals surface area contributed by atoms with Crippen LogP contribution in [-0.4, -0.2) is 45.7 Å². The summed E-state index contributed by atoms with van der Waals surface area (Å²) < 4.78 is 1.71. The molecule has 2 aromatic heterocycles. The predicted molar refractivity (Wildman–Crippen MR) is 91.3 cm³/mol. The van der Waals surface area contributed by atoms with Crippen LogP contribution in [0.2, 0.25) is 0 Å². The Hall–Kier alpha value is -2.60. The highest BCUT2D eigenvalue weighted by Gasteiger charge is 2.17. The summed E-state index contributed by atoms with van der Waals surface area (Å²) in [7, 11) is 0. The third-order valence-corrected chi connectivity index (χ3v) is 4.32. The lowest BCUT2D eigenvalue weighted by Gasteiger charge is -2.36. The molecule has 0 bridgehead atoms. The minimum Gasteiger partial charge on any atom is -0.369 e. The van der Waals surface area contributed by atoms with Gasteiger partial charge in [0.25, 0.3) is 0 Å². The van der Waals surface area contributed by atoms with Crippen molar-refractivity contribution in [2.75, 3.05) is 36.8 Å². The van der Waals surface area contributed by atoms with Gasteiger partial charge in [0.1, 0.15) is 0 Å². The lowest BCUT2D eigenvalue weighted by molar-refractivity contribution is 0.250. The van der Waals surface area contributed by atoms with E-state index in [1.807, 2.05) is 6.20 Å². The molecule has 1 aromatic carbocycles. The Morgan fingerprint density at radius 3 is 2.57 bits per heavy atom. The Morgan fingerprint density at radius 2 is 1.78 bits per heavy atom. The quantitative estimate of drug-likeness (QED) is 0.797. The largest absolute Gasteiger partial charge is 0.369 e. The summed E-state index contributed by atoms with van der Waals surface area (Å²) in [6.07, 6.45) is 1.92. The first-order valence-corrected chi connectivity index (χ1v) is 7.91. The average molecular weight is 308 g/mol. The average Bonchev–Trinajstić information content (AvgIpc) is 2.95. The first-order valence-electron chi connectivity index (χ1n) is 7.91. The SMILES string of the molecule is Nc1nc2cc(N3CCN(Cc4ccccc4)CC3)ccn2n1. The highest BCUT2D eigenvalue weighted by molar-refractivity contribution is 5.57. The fourth-order valence-corrected chi connectivity index (χ4v) is 3.09. The smallest absolute Gasteiger partial charge is 0.240 e. The summed E-state index contributed by atoms with van der Waals surface area (Å²) in [5, 5.41) is 4.11. The maximum absolute atomic E-state index is 5.65. The molecule has 1 aliphatic rings. The van der Waals surface area contributed by atoms with Crippen LogP contribution in [0.15, 0.2) is 48.7 Å². The number of nitrogens with zero attached hydrogens (tertiary/aromatic N) is 5. The number of aromatic nitrogens is 3. The minimum atomic E-state index is 0.315. The molecule has 118 valence electrons. The molecule has 2 N–H and O–H groups in total. The van der Waals surface area contributed by atoms with E-state index < -0.39 is 0 Å². The normalized spacial score (nSPS) is 16.1. The van der Waals surface area contributed by atoms with Crippen molar-refractivity contribution < 1.29 is 0 Å². The molecule has 4 rings (SSSR count). The van der Waals surface area contributed by atoms with Crippen LogP contribution >= 0.6 is 0 Å². The Kier molecular flexibility index (Phi) is 3.59. The summed E-state index contributed by atoms with van der Waals surface area (Å²) in [6.45, 7) is 5.19. The van der Waals surface area contributed by atoms with Gasteiger partial charge in [-0.2, -0.15) is 4.98 Å². The van der Waals surface area contributed by atoms with Gasteiger partial charge in [-0.15, -0.1) is 5.10 Å². The summed E-state index contributed by atoms with van der Waals surface area (Å²) in [6, 6.07) is 14.8. The van der Waals surface area contributed by atoms with Crippen LogP contribution < -0.4 is 10.6 Å². The van der Waals surface area contributed by atoms with Crippen molar-refractivity contribution in [3.05, 3.63) is 54.2 Å². The topological polar surface area (TPSA) is 62.7 Å². The van der Waals surface area contributed by atoms with Gasteiger partial charge in [-0.3, -0.25) is 4.90 Å². The van der Waals surface area contributed by atoms with Gasteiger partial charge in [0, 0.05) is 50.7 Å². The fourth-order valence-electron chi connectivity index (χ4n) is 3.09. The minimum absolute atomic E-state index is 0.315. The van der Waals surface area contributed by atoms with E-state index in [0.717, 1.165) is 38.4 Å². The van der Waals surface area contributed by atoms with E-state index >= 15 is 0 Å². The molecule has 0 saturated carbocycles. The molecule has 0 aliphatic carbocycles. The van der Waals surface area contributed by atoms with Crippen molar-refractivity contribution >= 4 is 17.3 Å². The monoisotopic (exact) mass is 308 g/mol. The third-order valence-electron chi connectivity index (χ3n) is 4.32. The number of anilines is 2. The zero-order chi connectivity index (χ0) is 15.6. The molecule has 6 nitrogen and oxygen atoms in total. The molecule has 23 heavy (non-hydrogen) atoms. The van der Waals surface area contributed by atoms with E-state index in [2.05, 4.69) is 62.3 Å². The lowest BCUT2D eigenvalue weighted by atomic mass is 10.2. The van der Waals surface area contributed by atoms with Crippen LogP contribution in [0.3, 0.4) is 0 Å². The van der Waals surface area contributed by atoms with Crippen LogP contribution in [-0.2, 0) is 6.54 Å². The zero-order valence-electron chi connectivity index (χ0n) is 13.0. The maximum atomic E-state index is 5.65. The molecule has 0 amide bonds. The molecular weight excluding hydrogens is 288 g/mol. The van der Waals surface area contributed by atoms with Gasteiger partial charge in [-0.05, 0) is 11.6 Å². The number of hydrogen-bond acceptors (Lipinski definition) is 5. The molecule has 6 heteroatoms. The van der Waals surface area contributed by atoms with Gasteiger partial charge in [0.05, 0.1) is 0 Å². The molecule has 0 spiro atoms. The molecular formula is C17H20N6. The van der Waals surface area contributed by atoms with Crippen molar-refractivity contribution in [3.8, 4) is 0 Å². The molecule has 3 aromatic rings. The molecule has 0 radical (unpaired) electrons. The number of fused-ring (bicyclic) bond motifs is 1. The fraction of sp³-hybridized carbons (Fsp3) is 0.294. The number of hydrogen-bond donors (Lipinski definition) is 1. The molecule has 0 unspecified atom stereocenters. The van der Waals surface area contributed by atoms with Crippen molar-refractivity contribution in [3.63, 3.8) is 0 Å². The maximum Gasteiger partial charge on any atom is 0.240 e. The van der Waals surface area contributed by atoms with E-state index in [0.29, 0.717) is 5.95 Å². The van der Waals surface area contributed by atoms with Gasteiger partial charge in [0.15, 0.2) is 5.65 Å². The molecule has 0 atom stereocenters. The second-order valence-corrected chi connectivity index (χ2v) is 5.91. The van der Waals surface area contributed by atoms with Gasteiger partial charge in [0.2, 0.25) is 5.95 Å². The summed E-state index contributed by atoms with van der Waals surface area (Å²) in [5.41, 5.74) is 9.01. The highest BCUT2D eigenvalue weighted by atomic mass is 15.3. The second kappa shape index (κ2) is 5.89. The summed E-state index contributed by atoms with van der Waals surface area (Å²) in [4.78, 5) is 9.13. The molecule has 1 aliphatic heterocycles. The van der Waals surface area contributed by atoms with Crippen molar-refractivity contribution in [2.24, 2.45) is 0 Å². The van der Waals surface area contributed by atoms with Crippen molar-refractivity contribution in [1.82, 2.24) is 19.5 Å². The lowest BCUT2D eigenvalue weighted by Crippen LogP contribution is -2.46. The predicted octanol–water partition coefficient (Wildman–Crippen LogP) is 1.63. The Labute approximate surface area is 135 Å². The van der Waals surface area contributed by atoms with Gasteiger partial charge >= 0.3 is 0 Å². The van der Waals surface area contributed by atoms with Gasteiger partial charge < -0.3 is 10.6 Å². The Bertz CT molecular complexity index is 789. The van der Waals surface area contributed by atoms with E-state index in [1.54, 1.807) is 4.52 Å². The first kappa shape index (κ1) is 14.0. The first-order chi connectivity index (χ1) is 11.3. The number of pyridine rings is 1. The Morgan fingerprint density at radius 1 is 1.00 bits per heavy atom. The van der Waals surface area contributed by atoms with Crippen molar-refractivity contribution in [2.45, 2.75) is 6.54 Å². The molecule has 3 heterocycles. The van der Waals surface area contributed by atoms with Crippen LogP contribution in [0.1, 0.15) is 5.56 Å². The van der Waals surface area contributed by atoms with Crippen molar-refractivity contribution in [1.29, 1.82) is 0 Å². The number of rotatable bonds is 3. The highest BCUT2D eigenvalue weighted by Crippen LogP contribution is 2.19. The standard InChI is InChI=1S/C17H20N6/c18-17-19-16-12-15(6-7-23(16)20-17)22-10-8-21(9-11-22)13-14-4-2-1-3-5-14/h1-7,12H,8-11,13H2,(H2,18,20). The van der Waals surface area contributed by atoms with Gasteiger partial charge in [-0.25, -0.2) is 4.52 Å². The van der Waals surface area contributed by atoms with E-state index in [-0.39, 0.29) is 0 Å². The van der Waals surface area contributed by atoms with Gasteiger partial charge in [-0.1, -0.05) is 30.3 Å². The number of benzene rings is 1. The van der Waals surface area contributed by atoms with E-state index in [9.17, 15) is 0 Å². The molecule has 1 saturated heterocycles. The van der Waals surface area contributed by atoms with Crippen LogP contribution in [0, 0.1) is 0 Å². The zero-order valence-corrected chi connectivity index (χ0v) is 13.0. The number of nitrogen functional groups attached to an aromatic ring is 1. The number of nitrogens with two attached hydrogens (primary N) is 1. The summed E-state index contributed by atoms with van der Waals surface area (Å²) in [5.74, 6) is 0.315.